The van der Waals surface area contributed by atoms with Crippen molar-refractivity contribution in [2.75, 3.05) is 13.4 Å². The zero-order valence-corrected chi connectivity index (χ0v) is 14.8. The van der Waals surface area contributed by atoms with Crippen LogP contribution in [0.25, 0.3) is 5.57 Å². The van der Waals surface area contributed by atoms with Crippen LogP contribution in [0.1, 0.15) is 39.7 Å². The summed E-state index contributed by atoms with van der Waals surface area (Å²) in [6.07, 6.45) is 3.55. The Morgan fingerprint density at radius 1 is 1.12 bits per heavy atom. The maximum Gasteiger partial charge on any atom is 0.458 e. The fourth-order valence-electron chi connectivity index (χ4n) is 2.85. The summed E-state index contributed by atoms with van der Waals surface area (Å²) >= 11 is 0. The van der Waals surface area contributed by atoms with E-state index in [1.54, 1.807) is 0 Å². The largest absolute Gasteiger partial charge is 0.458 e. The van der Waals surface area contributed by atoms with Crippen molar-refractivity contribution in [1.29, 1.82) is 0 Å². The van der Waals surface area contributed by atoms with Crippen molar-refractivity contribution >= 4 is 12.7 Å². The molecular formula is C18H25BO5. The second-order valence-corrected chi connectivity index (χ2v) is 7.22. The molecule has 3 rings (SSSR count). The van der Waals surface area contributed by atoms with Crippen LogP contribution < -0.4 is 9.47 Å². The zero-order chi connectivity index (χ0) is 17.4. The van der Waals surface area contributed by atoms with Crippen LogP contribution in [-0.2, 0) is 9.31 Å². The van der Waals surface area contributed by atoms with E-state index in [9.17, 15) is 5.11 Å². The number of ether oxygens (including phenoxy) is 2. The van der Waals surface area contributed by atoms with Crippen molar-refractivity contribution < 1.29 is 23.9 Å². The molecule has 0 atom stereocenters. The highest BCUT2D eigenvalue weighted by Gasteiger charge is 2.50. The third-order valence-electron chi connectivity index (χ3n) is 5.01. The molecule has 2 aliphatic rings. The summed E-state index contributed by atoms with van der Waals surface area (Å²) in [5.41, 5.74) is 1.19. The van der Waals surface area contributed by atoms with E-state index in [1.807, 2.05) is 24.3 Å². The minimum atomic E-state index is -0.307. The maximum atomic E-state index is 9.68. The first-order valence-electron chi connectivity index (χ1n) is 8.38. The lowest BCUT2D eigenvalue weighted by Crippen LogP contribution is -2.41. The highest BCUT2D eigenvalue weighted by Crippen LogP contribution is 2.38. The highest BCUT2D eigenvalue weighted by atomic mass is 16.7. The van der Waals surface area contributed by atoms with Crippen molar-refractivity contribution in [1.82, 2.24) is 0 Å². The van der Waals surface area contributed by atoms with Crippen LogP contribution in [0.2, 0.25) is 6.32 Å². The van der Waals surface area contributed by atoms with Crippen molar-refractivity contribution in [3.8, 4) is 11.5 Å². The zero-order valence-electron chi connectivity index (χ0n) is 14.8. The van der Waals surface area contributed by atoms with Gasteiger partial charge in [0.05, 0.1) is 17.8 Å². The third kappa shape index (κ3) is 3.32. The van der Waals surface area contributed by atoms with Crippen LogP contribution in [-0.4, -0.2) is 36.8 Å². The Bertz CT molecular complexity index is 622. The number of aliphatic hydroxyl groups excluding tert-OH is 1. The monoisotopic (exact) mass is 332 g/mol. The third-order valence-corrected chi connectivity index (χ3v) is 5.01. The van der Waals surface area contributed by atoms with E-state index >= 15 is 0 Å². The standard InChI is InChI=1S/C18H25BO5/c1-17(2)18(3,4)24-19(23-17)9-5-6-14(11-20)13-7-8-15-16(10-13)22-12-21-15/h6-8,10,20H,5,9,11-12H2,1-4H3/b14-6-. The lowest BCUT2D eigenvalue weighted by Gasteiger charge is -2.32. The van der Waals surface area contributed by atoms with Gasteiger partial charge < -0.3 is 23.9 Å². The predicted octanol–water partition coefficient (Wildman–Crippen LogP) is 3.27. The number of hydrogen-bond acceptors (Lipinski definition) is 5. The Balaban J connectivity index is 1.63. The maximum absolute atomic E-state index is 9.68. The molecule has 130 valence electrons. The van der Waals surface area contributed by atoms with Crippen LogP contribution in [0.15, 0.2) is 24.3 Å². The number of allylic oxidation sites excluding steroid dienone is 1. The van der Waals surface area contributed by atoms with Crippen LogP contribution in [0.5, 0.6) is 11.5 Å². The van der Waals surface area contributed by atoms with Gasteiger partial charge in [-0.25, -0.2) is 0 Å². The van der Waals surface area contributed by atoms with Crippen molar-refractivity contribution in [2.45, 2.75) is 51.6 Å². The minimum Gasteiger partial charge on any atom is -0.454 e. The number of benzene rings is 1. The summed E-state index contributed by atoms with van der Waals surface area (Å²) in [7, 11) is -0.219. The molecule has 1 fully saturated rings. The Hall–Kier alpha value is -1.50. The molecule has 0 aromatic heterocycles. The Kier molecular flexibility index (Phi) is 4.64. The predicted molar refractivity (Wildman–Crippen MR) is 93.1 cm³/mol. The Morgan fingerprint density at radius 2 is 1.79 bits per heavy atom. The Labute approximate surface area is 143 Å². The summed E-state index contributed by atoms with van der Waals surface area (Å²) in [4.78, 5) is 0. The normalized spacial score (nSPS) is 21.4. The second kappa shape index (κ2) is 6.43. The number of hydrogen-bond donors (Lipinski definition) is 1. The van der Waals surface area contributed by atoms with Crippen molar-refractivity contribution in [3.63, 3.8) is 0 Å². The molecule has 0 saturated carbocycles. The minimum absolute atomic E-state index is 0.0248. The topological polar surface area (TPSA) is 57.2 Å². The molecule has 24 heavy (non-hydrogen) atoms. The van der Waals surface area contributed by atoms with Gasteiger partial charge in [-0.2, -0.15) is 0 Å². The number of fused-ring (bicyclic) bond motifs is 1. The van der Waals surface area contributed by atoms with E-state index in [-0.39, 0.29) is 31.7 Å². The second-order valence-electron chi connectivity index (χ2n) is 7.22. The Morgan fingerprint density at radius 3 is 2.46 bits per heavy atom. The fourth-order valence-corrected chi connectivity index (χ4v) is 2.85. The average molecular weight is 332 g/mol. The lowest BCUT2D eigenvalue weighted by atomic mass is 9.82. The molecule has 0 bridgehead atoms. The van der Waals surface area contributed by atoms with E-state index in [0.717, 1.165) is 35.4 Å². The SMILES string of the molecule is CC1(C)OB(CC/C=C(/CO)c2ccc3c(c2)OCO3)OC1(C)C. The number of aliphatic hydroxyl groups is 1. The first kappa shape index (κ1) is 17.3. The quantitative estimate of drug-likeness (QED) is 0.839. The molecule has 5 nitrogen and oxygen atoms in total. The van der Waals surface area contributed by atoms with Gasteiger partial charge in [-0.1, -0.05) is 12.1 Å². The van der Waals surface area contributed by atoms with E-state index in [2.05, 4.69) is 27.7 Å². The molecular weight excluding hydrogens is 307 g/mol. The smallest absolute Gasteiger partial charge is 0.454 e. The molecule has 1 aromatic carbocycles. The summed E-state index contributed by atoms with van der Waals surface area (Å²) < 4.78 is 22.7. The van der Waals surface area contributed by atoms with Crippen LogP contribution >= 0.6 is 0 Å². The molecule has 6 heteroatoms. The van der Waals surface area contributed by atoms with Gasteiger partial charge in [-0.15, -0.1) is 0 Å². The molecule has 1 aromatic rings. The molecule has 2 aliphatic heterocycles. The van der Waals surface area contributed by atoms with Gasteiger partial charge in [0.2, 0.25) is 6.79 Å². The van der Waals surface area contributed by atoms with Gasteiger partial charge >= 0.3 is 7.12 Å². The average Bonchev–Trinajstić information content (AvgIpc) is 3.05. The summed E-state index contributed by atoms with van der Waals surface area (Å²) in [6, 6.07) is 5.71. The van der Waals surface area contributed by atoms with Gasteiger partial charge in [-0.3, -0.25) is 0 Å². The van der Waals surface area contributed by atoms with Gasteiger partial charge in [0.15, 0.2) is 11.5 Å². The van der Waals surface area contributed by atoms with E-state index < -0.39 is 0 Å². The van der Waals surface area contributed by atoms with Gasteiger partial charge in [0.1, 0.15) is 0 Å². The molecule has 0 unspecified atom stereocenters. The first-order chi connectivity index (χ1) is 11.3. The fraction of sp³-hybridized carbons (Fsp3) is 0.556. The van der Waals surface area contributed by atoms with E-state index in [0.29, 0.717) is 0 Å². The first-order valence-corrected chi connectivity index (χ1v) is 8.38. The van der Waals surface area contributed by atoms with Crippen molar-refractivity contribution in [2.24, 2.45) is 0 Å². The lowest BCUT2D eigenvalue weighted by molar-refractivity contribution is 0.00578. The summed E-state index contributed by atoms with van der Waals surface area (Å²) in [5, 5.41) is 9.68. The number of rotatable bonds is 5. The molecule has 2 heterocycles. The molecule has 1 saturated heterocycles. The van der Waals surface area contributed by atoms with Crippen molar-refractivity contribution in [3.05, 3.63) is 29.8 Å². The molecule has 0 radical (unpaired) electrons. The molecule has 0 amide bonds. The molecule has 0 aliphatic carbocycles. The molecule has 1 N–H and O–H groups in total. The van der Waals surface area contributed by atoms with Crippen LogP contribution in [0.4, 0.5) is 0 Å². The van der Waals surface area contributed by atoms with Crippen LogP contribution in [0, 0.1) is 0 Å². The summed E-state index contributed by atoms with van der Waals surface area (Å²) in [6.45, 7) is 8.42. The van der Waals surface area contributed by atoms with E-state index in [4.69, 9.17) is 18.8 Å². The molecule has 0 spiro atoms. The van der Waals surface area contributed by atoms with Gasteiger partial charge in [0, 0.05) is 0 Å². The summed E-state index contributed by atoms with van der Waals surface area (Å²) in [5.74, 6) is 1.46. The highest BCUT2D eigenvalue weighted by molar-refractivity contribution is 6.45. The van der Waals surface area contributed by atoms with Crippen LogP contribution in [0.3, 0.4) is 0 Å². The van der Waals surface area contributed by atoms with E-state index in [1.165, 1.54) is 0 Å². The van der Waals surface area contributed by atoms with Gasteiger partial charge in [0.25, 0.3) is 0 Å². The van der Waals surface area contributed by atoms with Gasteiger partial charge in [-0.05, 0) is 63.7 Å².